The van der Waals surface area contributed by atoms with E-state index in [1.54, 1.807) is 6.08 Å². The normalized spacial score (nSPS) is 42.1. The molecule has 3 fully saturated rings. The zero-order chi connectivity index (χ0) is 22.4. The van der Waals surface area contributed by atoms with E-state index in [9.17, 15) is 14.4 Å². The Morgan fingerprint density at radius 1 is 1.16 bits per heavy atom. The minimum absolute atomic E-state index is 0.00649. The van der Waals surface area contributed by atoms with Crippen molar-refractivity contribution in [3.8, 4) is 0 Å². The molecule has 1 unspecified atom stereocenters. The third kappa shape index (κ3) is 3.76. The van der Waals surface area contributed by atoms with Gasteiger partial charge in [0, 0.05) is 23.8 Å². The van der Waals surface area contributed by atoms with Crippen LogP contribution in [0.4, 0.5) is 0 Å². The summed E-state index contributed by atoms with van der Waals surface area (Å²) in [6.07, 6.45) is 12.7. The van der Waals surface area contributed by atoms with Crippen LogP contribution in [-0.2, 0) is 14.4 Å². The summed E-state index contributed by atoms with van der Waals surface area (Å²) < 4.78 is 0. The van der Waals surface area contributed by atoms with E-state index in [1.165, 1.54) is 0 Å². The summed E-state index contributed by atoms with van der Waals surface area (Å²) in [4.78, 5) is 37.5. The highest BCUT2D eigenvalue weighted by atomic mass is 16.2. The highest BCUT2D eigenvalue weighted by Crippen LogP contribution is 2.65. The molecule has 8 atom stereocenters. The Hall–Kier alpha value is -1.65. The van der Waals surface area contributed by atoms with Gasteiger partial charge in [-0.15, -0.1) is 0 Å². The summed E-state index contributed by atoms with van der Waals surface area (Å²) in [7, 11) is 0. The summed E-state index contributed by atoms with van der Waals surface area (Å²) >= 11 is 0. The molecule has 2 N–H and O–H groups in total. The minimum atomic E-state index is -0.386. The van der Waals surface area contributed by atoms with E-state index >= 15 is 0 Å². The largest absolute Gasteiger partial charge is 0.349 e. The fourth-order valence-electron chi connectivity index (χ4n) is 7.73. The Morgan fingerprint density at radius 2 is 1.94 bits per heavy atom. The molecule has 172 valence electrons. The number of nitrogens with one attached hydrogen (secondary N) is 2. The molecule has 3 saturated carbocycles. The van der Waals surface area contributed by atoms with Gasteiger partial charge in [0.2, 0.25) is 11.8 Å². The number of carbonyl (C=O) groups excluding carboxylic acids is 3. The minimum Gasteiger partial charge on any atom is -0.349 e. The number of Topliss-reactive ketones (excluding diaryl/α,β-unsaturated/α-hetero) is 1. The fourth-order valence-corrected chi connectivity index (χ4v) is 7.73. The number of amides is 2. The average molecular weight is 429 g/mol. The Labute approximate surface area is 187 Å². The fraction of sp³-hybridized carbons (Fsp3) is 0.808. The monoisotopic (exact) mass is 428 g/mol. The Morgan fingerprint density at radius 3 is 2.68 bits per heavy atom. The van der Waals surface area contributed by atoms with Crippen molar-refractivity contribution in [3.05, 3.63) is 12.2 Å². The number of hydrogen-bond donors (Lipinski definition) is 2. The van der Waals surface area contributed by atoms with Crippen LogP contribution in [0.1, 0.15) is 85.5 Å². The molecule has 0 radical (unpaired) electrons. The molecule has 4 rings (SSSR count). The van der Waals surface area contributed by atoms with Crippen molar-refractivity contribution >= 4 is 17.6 Å². The van der Waals surface area contributed by atoms with Gasteiger partial charge in [-0.1, -0.05) is 33.3 Å². The summed E-state index contributed by atoms with van der Waals surface area (Å²) in [6.45, 7) is 8.59. The third-order valence-electron chi connectivity index (χ3n) is 9.62. The number of ketones is 1. The highest BCUT2D eigenvalue weighted by Gasteiger charge is 2.60. The highest BCUT2D eigenvalue weighted by molar-refractivity contribution is 5.90. The van der Waals surface area contributed by atoms with Crippen molar-refractivity contribution in [2.24, 2.45) is 34.5 Å². The first-order valence-electron chi connectivity index (χ1n) is 12.5. The number of unbranched alkanes of at least 4 members (excludes halogenated alkanes) is 1. The molecule has 3 aliphatic carbocycles. The zero-order valence-corrected chi connectivity index (χ0v) is 19.7. The van der Waals surface area contributed by atoms with Gasteiger partial charge < -0.3 is 10.6 Å². The second kappa shape index (κ2) is 8.37. The average Bonchev–Trinajstić information content (AvgIpc) is 3.09. The molecule has 0 aromatic carbocycles. The molecular weight excluding hydrogens is 388 g/mol. The van der Waals surface area contributed by atoms with Crippen LogP contribution in [0, 0.1) is 34.5 Å². The van der Waals surface area contributed by atoms with Crippen LogP contribution in [0.15, 0.2) is 12.2 Å². The predicted molar refractivity (Wildman–Crippen MR) is 121 cm³/mol. The molecule has 5 heteroatoms. The Kier molecular flexibility index (Phi) is 6.08. The Bertz CT molecular complexity index is 777. The van der Waals surface area contributed by atoms with E-state index in [2.05, 4.69) is 37.5 Å². The first kappa shape index (κ1) is 22.5. The van der Waals surface area contributed by atoms with Crippen molar-refractivity contribution in [1.82, 2.24) is 10.6 Å². The maximum atomic E-state index is 13.3. The van der Waals surface area contributed by atoms with E-state index in [0.29, 0.717) is 24.2 Å². The predicted octanol–water partition coefficient (Wildman–Crippen LogP) is 4.16. The lowest BCUT2D eigenvalue weighted by molar-refractivity contribution is -0.136. The van der Waals surface area contributed by atoms with Gasteiger partial charge in [-0.2, -0.15) is 0 Å². The second-order valence-corrected chi connectivity index (χ2v) is 11.2. The van der Waals surface area contributed by atoms with Crippen LogP contribution >= 0.6 is 0 Å². The third-order valence-corrected chi connectivity index (χ3v) is 9.62. The molecule has 0 bridgehead atoms. The van der Waals surface area contributed by atoms with E-state index in [1.807, 2.05) is 6.92 Å². The van der Waals surface area contributed by atoms with Crippen LogP contribution in [0.3, 0.4) is 0 Å². The van der Waals surface area contributed by atoms with Crippen LogP contribution in [0.25, 0.3) is 0 Å². The molecule has 0 aromatic heterocycles. The standard InChI is InChI=1S/C26H40N2O3/c1-5-6-7-21(29)16(2)27-24(31)20-10-9-18-17-8-11-22-26(4,15-13-23(30)28-22)19(17)12-14-25(18,20)3/h13,15-20,22H,5-12,14H2,1-4H3,(H,27,31)(H,28,30)/t16?,17-,18-,19-,20+,22-,25-,26-/m0/s1. The molecule has 0 saturated heterocycles. The summed E-state index contributed by atoms with van der Waals surface area (Å²) in [5.41, 5.74) is 0.0426. The van der Waals surface area contributed by atoms with Crippen molar-refractivity contribution in [1.29, 1.82) is 0 Å². The zero-order valence-electron chi connectivity index (χ0n) is 19.7. The van der Waals surface area contributed by atoms with Crippen molar-refractivity contribution in [3.63, 3.8) is 0 Å². The number of fused-ring (bicyclic) bond motifs is 5. The lowest BCUT2D eigenvalue weighted by Crippen LogP contribution is -2.59. The molecule has 5 nitrogen and oxygen atoms in total. The molecule has 31 heavy (non-hydrogen) atoms. The van der Waals surface area contributed by atoms with Crippen molar-refractivity contribution < 1.29 is 14.4 Å². The summed E-state index contributed by atoms with van der Waals surface area (Å²) in [6, 6.07) is -0.144. The summed E-state index contributed by atoms with van der Waals surface area (Å²) in [5.74, 6) is 2.02. The lowest BCUT2D eigenvalue weighted by atomic mass is 9.48. The number of rotatable bonds is 6. The van der Waals surface area contributed by atoms with Crippen molar-refractivity contribution in [2.45, 2.75) is 97.6 Å². The van der Waals surface area contributed by atoms with Gasteiger partial charge >= 0.3 is 0 Å². The van der Waals surface area contributed by atoms with Gasteiger partial charge in [-0.3, -0.25) is 14.4 Å². The molecule has 1 aliphatic heterocycles. The van der Waals surface area contributed by atoms with Crippen LogP contribution in [-0.4, -0.2) is 29.7 Å². The van der Waals surface area contributed by atoms with Crippen LogP contribution in [0.2, 0.25) is 0 Å². The van der Waals surface area contributed by atoms with Gasteiger partial charge in [0.1, 0.15) is 0 Å². The van der Waals surface area contributed by atoms with Gasteiger partial charge in [0.05, 0.1) is 6.04 Å². The SMILES string of the molecule is CCCCC(=O)C(C)NC(=O)[C@H]1CC[C@H]2[C@@H]3CC[C@@H]4NC(=O)C=C[C@@]4(C)[C@H]3CC[C@]12C. The first-order chi connectivity index (χ1) is 14.7. The van der Waals surface area contributed by atoms with Gasteiger partial charge in [0.15, 0.2) is 5.78 Å². The molecule has 0 spiro atoms. The quantitative estimate of drug-likeness (QED) is 0.667. The van der Waals surface area contributed by atoms with E-state index in [4.69, 9.17) is 0 Å². The maximum Gasteiger partial charge on any atom is 0.243 e. The van der Waals surface area contributed by atoms with E-state index in [-0.39, 0.29) is 46.4 Å². The number of carbonyl (C=O) groups is 3. The number of hydrogen-bond acceptors (Lipinski definition) is 3. The molecule has 2 amide bonds. The maximum absolute atomic E-state index is 13.3. The smallest absolute Gasteiger partial charge is 0.243 e. The van der Waals surface area contributed by atoms with E-state index < -0.39 is 0 Å². The first-order valence-corrected chi connectivity index (χ1v) is 12.5. The van der Waals surface area contributed by atoms with Crippen LogP contribution < -0.4 is 10.6 Å². The topological polar surface area (TPSA) is 75.3 Å². The summed E-state index contributed by atoms with van der Waals surface area (Å²) in [5, 5.41) is 6.28. The molecular formula is C26H40N2O3. The van der Waals surface area contributed by atoms with E-state index in [0.717, 1.165) is 51.4 Å². The van der Waals surface area contributed by atoms with Crippen LogP contribution in [0.5, 0.6) is 0 Å². The second-order valence-electron chi connectivity index (χ2n) is 11.2. The molecule has 1 heterocycles. The van der Waals surface area contributed by atoms with Gasteiger partial charge in [0.25, 0.3) is 0 Å². The van der Waals surface area contributed by atoms with Gasteiger partial charge in [-0.25, -0.2) is 0 Å². The van der Waals surface area contributed by atoms with Gasteiger partial charge in [-0.05, 0) is 81.1 Å². The Balaban J connectivity index is 1.47. The molecule has 0 aromatic rings. The molecule has 4 aliphatic rings. The lowest BCUT2D eigenvalue weighted by Gasteiger charge is -2.58. The van der Waals surface area contributed by atoms with Crippen molar-refractivity contribution in [2.75, 3.05) is 0 Å².